The number of hydrogen-bond donors (Lipinski definition) is 0. The van der Waals surface area contributed by atoms with Crippen LogP contribution in [0.5, 0.6) is 0 Å². The van der Waals surface area contributed by atoms with Gasteiger partial charge in [-0.2, -0.15) is 0 Å². The summed E-state index contributed by atoms with van der Waals surface area (Å²) in [5, 5.41) is 0. The number of Topliss-reactive ketones (excluding diaryl/α,β-unsaturated/α-hetero) is 2. The van der Waals surface area contributed by atoms with Gasteiger partial charge in [0, 0.05) is 18.5 Å². The summed E-state index contributed by atoms with van der Waals surface area (Å²) >= 11 is 0. The minimum Gasteiger partial charge on any atom is -0.305 e. The van der Waals surface area contributed by atoms with E-state index in [1.807, 2.05) is 20.8 Å². The highest BCUT2D eigenvalue weighted by Crippen LogP contribution is 2.32. The number of nitrogens with zero attached hydrogens (tertiary/aromatic N) is 1. The van der Waals surface area contributed by atoms with Gasteiger partial charge in [0.25, 0.3) is 11.7 Å². The highest BCUT2D eigenvalue weighted by Gasteiger charge is 2.36. The van der Waals surface area contributed by atoms with Crippen molar-refractivity contribution < 1.29 is 14.4 Å². The Morgan fingerprint density at radius 1 is 1.15 bits per heavy atom. The number of carbonyl (C=O) groups is 3. The van der Waals surface area contributed by atoms with Gasteiger partial charge in [0.2, 0.25) is 0 Å². The number of carbonyl (C=O) groups excluding carboxylic acids is 3. The Labute approximate surface area is 118 Å². The van der Waals surface area contributed by atoms with Crippen LogP contribution in [0.2, 0.25) is 0 Å². The Morgan fingerprint density at radius 2 is 1.85 bits per heavy atom. The molecule has 0 aliphatic carbocycles. The highest BCUT2D eigenvalue weighted by atomic mass is 16.2. The Kier molecular flexibility index (Phi) is 4.02. The number of aryl methyl sites for hydroxylation is 1. The molecule has 0 bridgehead atoms. The van der Waals surface area contributed by atoms with Crippen LogP contribution in [0.3, 0.4) is 0 Å². The first-order valence-electron chi connectivity index (χ1n) is 7.05. The molecule has 1 aromatic rings. The summed E-state index contributed by atoms with van der Waals surface area (Å²) in [5.41, 5.74) is 2.40. The molecule has 0 unspecified atom stereocenters. The average Bonchev–Trinajstić information content (AvgIpc) is 2.63. The second-order valence-corrected chi connectivity index (χ2v) is 5.14. The molecule has 1 aliphatic rings. The molecular formula is C16H19NO3. The topological polar surface area (TPSA) is 54.5 Å². The Morgan fingerprint density at radius 3 is 2.45 bits per heavy atom. The maximum absolute atomic E-state index is 12.1. The Bertz CT molecular complexity index is 590. The van der Waals surface area contributed by atoms with E-state index in [4.69, 9.17) is 0 Å². The van der Waals surface area contributed by atoms with E-state index in [9.17, 15) is 14.4 Å². The van der Waals surface area contributed by atoms with Gasteiger partial charge in [-0.1, -0.05) is 13.8 Å². The molecule has 106 valence electrons. The van der Waals surface area contributed by atoms with Crippen LogP contribution in [0, 0.1) is 6.92 Å². The first-order valence-corrected chi connectivity index (χ1v) is 7.05. The maximum Gasteiger partial charge on any atom is 0.299 e. The molecule has 0 spiro atoms. The van der Waals surface area contributed by atoms with E-state index in [0.29, 0.717) is 29.8 Å². The molecule has 1 amide bonds. The van der Waals surface area contributed by atoms with Gasteiger partial charge in [-0.25, -0.2) is 0 Å². The van der Waals surface area contributed by atoms with Crippen molar-refractivity contribution in [2.75, 3.05) is 11.4 Å². The van der Waals surface area contributed by atoms with Gasteiger partial charge < -0.3 is 4.90 Å². The predicted octanol–water partition coefficient (Wildman–Crippen LogP) is 2.92. The molecule has 1 aliphatic heterocycles. The summed E-state index contributed by atoms with van der Waals surface area (Å²) in [6, 6.07) is 3.38. The van der Waals surface area contributed by atoms with E-state index in [2.05, 4.69) is 0 Å². The first-order chi connectivity index (χ1) is 9.51. The molecular weight excluding hydrogens is 254 g/mol. The van der Waals surface area contributed by atoms with Crippen molar-refractivity contribution in [2.45, 2.75) is 40.0 Å². The van der Waals surface area contributed by atoms with Crippen molar-refractivity contribution in [3.8, 4) is 0 Å². The summed E-state index contributed by atoms with van der Waals surface area (Å²) in [4.78, 5) is 37.5. The van der Waals surface area contributed by atoms with Gasteiger partial charge >= 0.3 is 0 Å². The van der Waals surface area contributed by atoms with Gasteiger partial charge in [0.15, 0.2) is 5.78 Å². The smallest absolute Gasteiger partial charge is 0.299 e. The van der Waals surface area contributed by atoms with Crippen LogP contribution in [0.15, 0.2) is 12.1 Å². The number of hydrogen-bond acceptors (Lipinski definition) is 3. The van der Waals surface area contributed by atoms with Gasteiger partial charge in [-0.15, -0.1) is 0 Å². The van der Waals surface area contributed by atoms with E-state index in [0.717, 1.165) is 18.4 Å². The van der Waals surface area contributed by atoms with Gasteiger partial charge in [0.05, 0.1) is 11.3 Å². The third-order valence-corrected chi connectivity index (χ3v) is 3.54. The zero-order valence-electron chi connectivity index (χ0n) is 12.2. The van der Waals surface area contributed by atoms with Crippen LogP contribution in [-0.4, -0.2) is 24.0 Å². The number of rotatable bonds is 5. The van der Waals surface area contributed by atoms with Gasteiger partial charge in [-0.05, 0) is 37.5 Å². The zero-order valence-corrected chi connectivity index (χ0v) is 12.2. The van der Waals surface area contributed by atoms with E-state index in [1.54, 1.807) is 12.1 Å². The lowest BCUT2D eigenvalue weighted by atomic mass is 9.97. The fourth-order valence-electron chi connectivity index (χ4n) is 2.55. The van der Waals surface area contributed by atoms with E-state index < -0.39 is 11.7 Å². The van der Waals surface area contributed by atoms with Crippen LogP contribution in [0.25, 0.3) is 0 Å². The second-order valence-electron chi connectivity index (χ2n) is 5.14. The molecule has 20 heavy (non-hydrogen) atoms. The summed E-state index contributed by atoms with van der Waals surface area (Å²) < 4.78 is 0. The summed E-state index contributed by atoms with van der Waals surface area (Å²) in [7, 11) is 0. The minimum absolute atomic E-state index is 0.0296. The van der Waals surface area contributed by atoms with E-state index in [-0.39, 0.29) is 5.78 Å². The fourth-order valence-corrected chi connectivity index (χ4v) is 2.55. The molecule has 0 atom stereocenters. The molecule has 1 aromatic carbocycles. The van der Waals surface area contributed by atoms with Crippen LogP contribution < -0.4 is 4.90 Å². The van der Waals surface area contributed by atoms with Crippen molar-refractivity contribution in [1.29, 1.82) is 0 Å². The van der Waals surface area contributed by atoms with Crippen molar-refractivity contribution in [2.24, 2.45) is 0 Å². The lowest BCUT2D eigenvalue weighted by Gasteiger charge is -2.16. The Balaban J connectivity index is 2.50. The fraction of sp³-hybridized carbons (Fsp3) is 0.438. The standard InChI is InChI=1S/C16H19NO3/c1-4-6-14(18)11-9-12-13(8-10(11)3)17(7-5-2)16(20)15(12)19/h8-9H,4-7H2,1-3H3. The van der Waals surface area contributed by atoms with Crippen LogP contribution in [0.1, 0.15) is 59.4 Å². The quantitative estimate of drug-likeness (QED) is 0.612. The number of amides is 1. The van der Waals surface area contributed by atoms with Crippen LogP contribution in [0.4, 0.5) is 5.69 Å². The Hall–Kier alpha value is -1.97. The van der Waals surface area contributed by atoms with Crippen LogP contribution >= 0.6 is 0 Å². The molecule has 1 heterocycles. The summed E-state index contributed by atoms with van der Waals surface area (Å²) in [6.07, 6.45) is 2.01. The lowest BCUT2D eigenvalue weighted by Crippen LogP contribution is -2.30. The predicted molar refractivity (Wildman–Crippen MR) is 77.4 cm³/mol. The molecule has 0 radical (unpaired) electrons. The summed E-state index contributed by atoms with van der Waals surface area (Å²) in [5.74, 6) is -0.956. The molecule has 0 saturated carbocycles. The molecule has 0 N–H and O–H groups in total. The SMILES string of the molecule is CCCC(=O)c1cc2c(cc1C)N(CCC)C(=O)C2=O. The first kappa shape index (κ1) is 14.4. The van der Waals surface area contributed by atoms with Gasteiger partial charge in [0.1, 0.15) is 0 Å². The van der Waals surface area contributed by atoms with E-state index in [1.165, 1.54) is 4.90 Å². The number of ketones is 2. The van der Waals surface area contributed by atoms with Crippen LogP contribution in [-0.2, 0) is 4.79 Å². The van der Waals surface area contributed by atoms with Crippen molar-refractivity contribution >= 4 is 23.2 Å². The molecule has 0 aromatic heterocycles. The lowest BCUT2D eigenvalue weighted by molar-refractivity contribution is -0.114. The summed E-state index contributed by atoms with van der Waals surface area (Å²) in [6.45, 7) is 6.28. The molecule has 0 fully saturated rings. The van der Waals surface area contributed by atoms with E-state index >= 15 is 0 Å². The van der Waals surface area contributed by atoms with Crippen molar-refractivity contribution in [3.05, 3.63) is 28.8 Å². The maximum atomic E-state index is 12.1. The molecule has 0 saturated heterocycles. The average molecular weight is 273 g/mol. The number of benzene rings is 1. The molecule has 4 heteroatoms. The third kappa shape index (κ3) is 2.26. The minimum atomic E-state index is -0.501. The third-order valence-electron chi connectivity index (χ3n) is 3.54. The monoisotopic (exact) mass is 273 g/mol. The largest absolute Gasteiger partial charge is 0.305 e. The second kappa shape index (κ2) is 5.57. The number of fused-ring (bicyclic) bond motifs is 1. The number of anilines is 1. The normalized spacial score (nSPS) is 13.8. The van der Waals surface area contributed by atoms with Gasteiger partial charge in [-0.3, -0.25) is 14.4 Å². The molecule has 4 nitrogen and oxygen atoms in total. The molecule has 2 rings (SSSR count). The van der Waals surface area contributed by atoms with Crippen molar-refractivity contribution in [1.82, 2.24) is 0 Å². The van der Waals surface area contributed by atoms with Crippen molar-refractivity contribution in [3.63, 3.8) is 0 Å². The zero-order chi connectivity index (χ0) is 14.9. The highest BCUT2D eigenvalue weighted by molar-refractivity contribution is 6.52.